The number of rotatable bonds is 3. The number of anilines is 1. The van der Waals surface area contributed by atoms with Crippen molar-refractivity contribution in [2.75, 3.05) is 25.4 Å². The lowest BCUT2D eigenvalue weighted by Gasteiger charge is -2.33. The summed E-state index contributed by atoms with van der Waals surface area (Å²) in [6, 6.07) is 2.37. The SMILES string of the molecule is CC(C)CN1CCC(n2nccc2N)CC1. The first-order chi connectivity index (χ1) is 7.66. The van der Waals surface area contributed by atoms with Crippen LogP contribution in [0.4, 0.5) is 5.82 Å². The highest BCUT2D eigenvalue weighted by Crippen LogP contribution is 2.24. The molecule has 1 aliphatic heterocycles. The van der Waals surface area contributed by atoms with Gasteiger partial charge in [0.15, 0.2) is 0 Å². The van der Waals surface area contributed by atoms with Gasteiger partial charge in [-0.3, -0.25) is 0 Å². The van der Waals surface area contributed by atoms with Gasteiger partial charge in [0.2, 0.25) is 0 Å². The molecule has 1 saturated heterocycles. The molecule has 1 aromatic rings. The molecule has 16 heavy (non-hydrogen) atoms. The highest BCUT2D eigenvalue weighted by atomic mass is 15.3. The van der Waals surface area contributed by atoms with Crippen LogP contribution >= 0.6 is 0 Å². The Bertz CT molecular complexity index is 324. The van der Waals surface area contributed by atoms with E-state index >= 15 is 0 Å². The molecule has 0 bridgehead atoms. The molecule has 0 radical (unpaired) electrons. The van der Waals surface area contributed by atoms with E-state index in [1.54, 1.807) is 6.20 Å². The van der Waals surface area contributed by atoms with Gasteiger partial charge in [0.1, 0.15) is 5.82 Å². The van der Waals surface area contributed by atoms with E-state index in [1.807, 2.05) is 10.7 Å². The van der Waals surface area contributed by atoms with Gasteiger partial charge in [0, 0.05) is 19.6 Å². The van der Waals surface area contributed by atoms with E-state index in [-0.39, 0.29) is 0 Å². The summed E-state index contributed by atoms with van der Waals surface area (Å²) in [4.78, 5) is 2.54. The summed E-state index contributed by atoms with van der Waals surface area (Å²) in [5, 5.41) is 4.30. The van der Waals surface area contributed by atoms with Gasteiger partial charge in [0.25, 0.3) is 0 Å². The van der Waals surface area contributed by atoms with Gasteiger partial charge in [-0.2, -0.15) is 5.10 Å². The second-order valence-corrected chi connectivity index (χ2v) is 5.13. The molecule has 0 aliphatic carbocycles. The summed E-state index contributed by atoms with van der Waals surface area (Å²) in [6.45, 7) is 8.10. The molecule has 1 fully saturated rings. The topological polar surface area (TPSA) is 47.1 Å². The van der Waals surface area contributed by atoms with E-state index < -0.39 is 0 Å². The van der Waals surface area contributed by atoms with E-state index in [1.165, 1.54) is 32.5 Å². The zero-order valence-corrected chi connectivity index (χ0v) is 10.3. The summed E-state index contributed by atoms with van der Waals surface area (Å²) >= 11 is 0. The first kappa shape index (κ1) is 11.5. The van der Waals surface area contributed by atoms with Crippen LogP contribution in [-0.4, -0.2) is 34.3 Å². The zero-order chi connectivity index (χ0) is 11.5. The van der Waals surface area contributed by atoms with Crippen molar-refractivity contribution in [1.82, 2.24) is 14.7 Å². The molecule has 0 unspecified atom stereocenters. The maximum atomic E-state index is 5.87. The number of nitrogens with two attached hydrogens (primary N) is 1. The lowest BCUT2D eigenvalue weighted by Crippen LogP contribution is -2.37. The Kier molecular flexibility index (Phi) is 3.49. The third-order valence-corrected chi connectivity index (χ3v) is 3.23. The fourth-order valence-electron chi connectivity index (χ4n) is 2.49. The van der Waals surface area contributed by atoms with Gasteiger partial charge < -0.3 is 10.6 Å². The van der Waals surface area contributed by atoms with E-state index in [4.69, 9.17) is 5.73 Å². The molecule has 2 rings (SSSR count). The molecule has 0 atom stereocenters. The quantitative estimate of drug-likeness (QED) is 0.847. The average molecular weight is 222 g/mol. The fraction of sp³-hybridized carbons (Fsp3) is 0.750. The summed E-state index contributed by atoms with van der Waals surface area (Å²) in [7, 11) is 0. The predicted molar refractivity (Wildman–Crippen MR) is 66.2 cm³/mol. The van der Waals surface area contributed by atoms with Crippen LogP contribution in [0.3, 0.4) is 0 Å². The Labute approximate surface area is 97.4 Å². The Balaban J connectivity index is 1.88. The van der Waals surface area contributed by atoms with Crippen LogP contribution in [0, 0.1) is 5.92 Å². The molecule has 4 heteroatoms. The van der Waals surface area contributed by atoms with Gasteiger partial charge in [-0.15, -0.1) is 0 Å². The number of nitrogen functional groups attached to an aromatic ring is 1. The van der Waals surface area contributed by atoms with Crippen molar-refractivity contribution in [3.05, 3.63) is 12.3 Å². The van der Waals surface area contributed by atoms with Crippen molar-refractivity contribution in [3.63, 3.8) is 0 Å². The first-order valence-corrected chi connectivity index (χ1v) is 6.18. The molecule has 2 N–H and O–H groups in total. The number of hydrogen-bond acceptors (Lipinski definition) is 3. The molecule has 1 aliphatic rings. The van der Waals surface area contributed by atoms with Gasteiger partial charge in [-0.05, 0) is 24.8 Å². The first-order valence-electron chi connectivity index (χ1n) is 6.18. The predicted octanol–water partition coefficient (Wildman–Crippen LogP) is 1.76. The van der Waals surface area contributed by atoms with Gasteiger partial charge >= 0.3 is 0 Å². The minimum atomic E-state index is 0.499. The molecule has 1 aromatic heterocycles. The Morgan fingerprint density at radius 1 is 1.44 bits per heavy atom. The van der Waals surface area contributed by atoms with Gasteiger partial charge in [0.05, 0.1) is 12.2 Å². The summed E-state index contributed by atoms with van der Waals surface area (Å²) < 4.78 is 1.98. The van der Waals surface area contributed by atoms with Crippen LogP contribution in [0.15, 0.2) is 12.3 Å². The van der Waals surface area contributed by atoms with Crippen LogP contribution in [0.25, 0.3) is 0 Å². The van der Waals surface area contributed by atoms with E-state index in [2.05, 4.69) is 23.8 Å². The maximum Gasteiger partial charge on any atom is 0.121 e. The number of aromatic nitrogens is 2. The molecule has 2 heterocycles. The normalized spacial score (nSPS) is 19.4. The van der Waals surface area contributed by atoms with Crippen molar-refractivity contribution < 1.29 is 0 Å². The molecule has 0 saturated carbocycles. The molecule has 0 spiro atoms. The highest BCUT2D eigenvalue weighted by Gasteiger charge is 2.22. The molecule has 90 valence electrons. The van der Waals surface area contributed by atoms with Crippen LogP contribution < -0.4 is 5.73 Å². The summed E-state index contributed by atoms with van der Waals surface area (Å²) in [5.74, 6) is 1.55. The maximum absolute atomic E-state index is 5.87. The number of piperidine rings is 1. The largest absolute Gasteiger partial charge is 0.384 e. The van der Waals surface area contributed by atoms with Crippen LogP contribution in [0.1, 0.15) is 32.7 Å². The van der Waals surface area contributed by atoms with Crippen LogP contribution in [0.2, 0.25) is 0 Å². The molecule has 0 amide bonds. The average Bonchev–Trinajstić information content (AvgIpc) is 2.65. The fourth-order valence-corrected chi connectivity index (χ4v) is 2.49. The Hall–Kier alpha value is -1.03. The monoisotopic (exact) mass is 222 g/mol. The molecular weight excluding hydrogens is 200 g/mol. The summed E-state index contributed by atoms with van der Waals surface area (Å²) in [6.07, 6.45) is 4.12. The highest BCUT2D eigenvalue weighted by molar-refractivity contribution is 5.26. The molecular formula is C12H22N4. The van der Waals surface area contributed by atoms with E-state index in [9.17, 15) is 0 Å². The van der Waals surface area contributed by atoms with Crippen LogP contribution in [0.5, 0.6) is 0 Å². The lowest BCUT2D eigenvalue weighted by atomic mass is 10.0. The second-order valence-electron chi connectivity index (χ2n) is 5.13. The zero-order valence-electron chi connectivity index (χ0n) is 10.3. The van der Waals surface area contributed by atoms with Crippen molar-refractivity contribution in [2.45, 2.75) is 32.7 Å². The van der Waals surface area contributed by atoms with Crippen molar-refractivity contribution in [3.8, 4) is 0 Å². The Morgan fingerprint density at radius 2 is 2.12 bits per heavy atom. The second kappa shape index (κ2) is 4.87. The third kappa shape index (κ3) is 2.55. The van der Waals surface area contributed by atoms with Gasteiger partial charge in [-0.25, -0.2) is 4.68 Å². The number of likely N-dealkylation sites (tertiary alicyclic amines) is 1. The third-order valence-electron chi connectivity index (χ3n) is 3.23. The minimum absolute atomic E-state index is 0.499. The number of nitrogens with zero attached hydrogens (tertiary/aromatic N) is 3. The minimum Gasteiger partial charge on any atom is -0.384 e. The number of hydrogen-bond donors (Lipinski definition) is 1. The van der Waals surface area contributed by atoms with Crippen molar-refractivity contribution in [1.29, 1.82) is 0 Å². The van der Waals surface area contributed by atoms with E-state index in [0.717, 1.165) is 11.7 Å². The van der Waals surface area contributed by atoms with E-state index in [0.29, 0.717) is 6.04 Å². The lowest BCUT2D eigenvalue weighted by molar-refractivity contribution is 0.165. The summed E-state index contributed by atoms with van der Waals surface area (Å²) in [5.41, 5.74) is 5.87. The smallest absolute Gasteiger partial charge is 0.121 e. The van der Waals surface area contributed by atoms with Gasteiger partial charge in [-0.1, -0.05) is 13.8 Å². The Morgan fingerprint density at radius 3 is 2.62 bits per heavy atom. The van der Waals surface area contributed by atoms with Crippen LogP contribution in [-0.2, 0) is 0 Å². The van der Waals surface area contributed by atoms with Crippen molar-refractivity contribution in [2.24, 2.45) is 5.92 Å². The standard InChI is InChI=1S/C12H22N4/c1-10(2)9-15-7-4-11(5-8-15)16-12(13)3-6-14-16/h3,6,10-11H,4-5,7-9,13H2,1-2H3. The molecule has 0 aromatic carbocycles. The molecule has 4 nitrogen and oxygen atoms in total. The van der Waals surface area contributed by atoms with Crippen molar-refractivity contribution >= 4 is 5.82 Å².